The predicted molar refractivity (Wildman–Crippen MR) is 60.4 cm³/mol. The van der Waals surface area contributed by atoms with Crippen LogP contribution in [-0.4, -0.2) is 10.1 Å². The Morgan fingerprint density at radius 3 is 2.44 bits per heavy atom. The van der Waals surface area contributed by atoms with Gasteiger partial charge in [-0.3, -0.25) is 0 Å². The summed E-state index contributed by atoms with van der Waals surface area (Å²) in [5.41, 5.74) is 1.18. The minimum atomic E-state index is -0.0715. The van der Waals surface area contributed by atoms with E-state index in [4.69, 9.17) is 16.1 Å². The van der Waals surface area contributed by atoms with E-state index in [-0.39, 0.29) is 10.8 Å². The maximum atomic E-state index is 5.69. The van der Waals surface area contributed by atoms with Crippen molar-refractivity contribution in [3.05, 3.63) is 47.1 Å². The van der Waals surface area contributed by atoms with Crippen LogP contribution in [0.1, 0.15) is 30.7 Å². The van der Waals surface area contributed by atoms with Crippen molar-refractivity contribution in [2.75, 3.05) is 0 Å². The summed E-state index contributed by atoms with van der Waals surface area (Å²) in [6, 6.07) is 10.3. The quantitative estimate of drug-likeness (QED) is 0.801. The van der Waals surface area contributed by atoms with Gasteiger partial charge < -0.3 is 4.52 Å². The third-order valence-corrected chi connectivity index (χ3v) is 3.52. The average Bonchev–Trinajstić information content (AvgIpc) is 2.65. The second-order valence-electron chi connectivity index (χ2n) is 4.17. The van der Waals surface area contributed by atoms with Crippen LogP contribution in [0.15, 0.2) is 34.9 Å². The fourth-order valence-electron chi connectivity index (χ4n) is 2.33. The predicted octanol–water partition coefficient (Wildman–Crippen LogP) is 3.19. The second-order valence-corrected chi connectivity index (χ2v) is 4.50. The maximum absolute atomic E-state index is 5.69. The highest BCUT2D eigenvalue weighted by molar-refractivity contribution is 6.27. The molecule has 0 atom stereocenters. The van der Waals surface area contributed by atoms with E-state index in [0.717, 1.165) is 18.7 Å². The lowest BCUT2D eigenvalue weighted by atomic mass is 9.64. The fourth-order valence-corrected chi connectivity index (χ4v) is 2.44. The number of halogens is 1. The van der Waals surface area contributed by atoms with Crippen LogP contribution >= 0.6 is 11.6 Å². The third kappa shape index (κ3) is 1.35. The molecular formula is C12H11ClN2O. The van der Waals surface area contributed by atoms with E-state index in [9.17, 15) is 0 Å². The summed E-state index contributed by atoms with van der Waals surface area (Å²) in [6.45, 7) is 0. The number of aromatic nitrogens is 2. The number of nitrogens with zero attached hydrogens (tertiary/aromatic N) is 2. The molecule has 1 saturated carbocycles. The molecule has 0 aliphatic heterocycles. The number of rotatable bonds is 2. The van der Waals surface area contributed by atoms with E-state index in [2.05, 4.69) is 22.3 Å². The first kappa shape index (κ1) is 9.85. The fraction of sp³-hybridized carbons (Fsp3) is 0.333. The zero-order chi connectivity index (χ0) is 11.0. The van der Waals surface area contributed by atoms with Gasteiger partial charge in [-0.25, -0.2) is 0 Å². The van der Waals surface area contributed by atoms with Crippen molar-refractivity contribution < 1.29 is 4.52 Å². The van der Waals surface area contributed by atoms with Gasteiger partial charge in [0.2, 0.25) is 0 Å². The summed E-state index contributed by atoms with van der Waals surface area (Å²) >= 11 is 5.69. The number of hydrogen-bond donors (Lipinski definition) is 0. The van der Waals surface area contributed by atoms with Gasteiger partial charge >= 0.3 is 5.35 Å². The standard InChI is InChI=1S/C12H11ClN2O/c13-11-14-10(15-16-11)12(7-4-8-12)9-5-2-1-3-6-9/h1-3,5-6H,4,7-8H2. The van der Waals surface area contributed by atoms with Crippen molar-refractivity contribution in [1.82, 2.24) is 10.1 Å². The molecule has 1 aromatic heterocycles. The zero-order valence-corrected chi connectivity index (χ0v) is 9.44. The Morgan fingerprint density at radius 1 is 1.19 bits per heavy atom. The molecule has 3 rings (SSSR count). The van der Waals surface area contributed by atoms with E-state index in [1.807, 2.05) is 18.2 Å². The molecule has 1 fully saturated rings. The molecular weight excluding hydrogens is 224 g/mol. The van der Waals surface area contributed by atoms with Crippen LogP contribution in [0, 0.1) is 0 Å². The van der Waals surface area contributed by atoms with Crippen LogP contribution in [0.25, 0.3) is 0 Å². The molecule has 0 saturated heterocycles. The van der Waals surface area contributed by atoms with Gasteiger partial charge in [0.15, 0.2) is 5.82 Å². The van der Waals surface area contributed by atoms with Crippen molar-refractivity contribution in [3.8, 4) is 0 Å². The monoisotopic (exact) mass is 234 g/mol. The van der Waals surface area contributed by atoms with Crippen LogP contribution < -0.4 is 0 Å². The minimum Gasteiger partial charge on any atom is -0.321 e. The SMILES string of the molecule is Clc1nc(C2(c3ccccc3)CCC2)no1. The highest BCUT2D eigenvalue weighted by Gasteiger charge is 2.44. The number of benzene rings is 1. The summed E-state index contributed by atoms with van der Waals surface area (Å²) in [5, 5.41) is 4.09. The highest BCUT2D eigenvalue weighted by Crippen LogP contribution is 2.47. The first-order chi connectivity index (χ1) is 7.81. The lowest BCUT2D eigenvalue weighted by Crippen LogP contribution is -2.36. The van der Waals surface area contributed by atoms with Gasteiger partial charge in [-0.15, -0.1) is 0 Å². The Labute approximate surface area is 98.4 Å². The van der Waals surface area contributed by atoms with Gasteiger partial charge in [0, 0.05) is 0 Å². The molecule has 0 spiro atoms. The summed E-state index contributed by atoms with van der Waals surface area (Å²) in [6.07, 6.45) is 3.32. The Morgan fingerprint density at radius 2 is 1.94 bits per heavy atom. The topological polar surface area (TPSA) is 38.9 Å². The molecule has 16 heavy (non-hydrogen) atoms. The van der Waals surface area contributed by atoms with Crippen LogP contribution in [0.4, 0.5) is 0 Å². The molecule has 0 amide bonds. The molecule has 82 valence electrons. The van der Waals surface area contributed by atoms with Crippen LogP contribution in [0.3, 0.4) is 0 Å². The minimum absolute atomic E-state index is 0.0715. The Bertz CT molecular complexity index is 491. The van der Waals surface area contributed by atoms with E-state index in [1.165, 1.54) is 12.0 Å². The average molecular weight is 235 g/mol. The van der Waals surface area contributed by atoms with Crippen LogP contribution in [-0.2, 0) is 5.41 Å². The van der Waals surface area contributed by atoms with Crippen molar-refractivity contribution >= 4 is 11.6 Å². The van der Waals surface area contributed by atoms with Gasteiger partial charge in [0.25, 0.3) is 0 Å². The molecule has 1 aliphatic carbocycles. The summed E-state index contributed by atoms with van der Waals surface area (Å²) in [7, 11) is 0. The highest BCUT2D eigenvalue weighted by atomic mass is 35.5. The van der Waals surface area contributed by atoms with Crippen LogP contribution in [0.5, 0.6) is 0 Å². The normalized spacial score (nSPS) is 18.1. The summed E-state index contributed by atoms with van der Waals surface area (Å²) < 4.78 is 4.87. The molecule has 0 radical (unpaired) electrons. The molecule has 4 heteroatoms. The molecule has 1 aliphatic rings. The van der Waals surface area contributed by atoms with Crippen molar-refractivity contribution in [2.45, 2.75) is 24.7 Å². The molecule has 1 aromatic carbocycles. The van der Waals surface area contributed by atoms with E-state index in [0.29, 0.717) is 0 Å². The van der Waals surface area contributed by atoms with Gasteiger partial charge in [-0.1, -0.05) is 41.9 Å². The lowest BCUT2D eigenvalue weighted by molar-refractivity contribution is 0.272. The van der Waals surface area contributed by atoms with Gasteiger partial charge in [-0.2, -0.15) is 4.98 Å². The second kappa shape index (κ2) is 3.59. The summed E-state index contributed by atoms with van der Waals surface area (Å²) in [4.78, 5) is 4.17. The lowest BCUT2D eigenvalue weighted by Gasteiger charge is -2.39. The molecule has 0 bridgehead atoms. The smallest absolute Gasteiger partial charge is 0.320 e. The third-order valence-electron chi connectivity index (χ3n) is 3.36. The largest absolute Gasteiger partial charge is 0.321 e. The first-order valence-corrected chi connectivity index (χ1v) is 5.74. The Balaban J connectivity index is 2.07. The van der Waals surface area contributed by atoms with Gasteiger partial charge in [-0.05, 0) is 30.0 Å². The van der Waals surface area contributed by atoms with Crippen molar-refractivity contribution in [1.29, 1.82) is 0 Å². The summed E-state index contributed by atoms with van der Waals surface area (Å²) in [5.74, 6) is 0.718. The molecule has 3 nitrogen and oxygen atoms in total. The maximum Gasteiger partial charge on any atom is 0.320 e. The van der Waals surface area contributed by atoms with E-state index < -0.39 is 0 Å². The zero-order valence-electron chi connectivity index (χ0n) is 8.69. The molecule has 1 heterocycles. The van der Waals surface area contributed by atoms with E-state index in [1.54, 1.807) is 0 Å². The van der Waals surface area contributed by atoms with Gasteiger partial charge in [0.1, 0.15) is 0 Å². The van der Waals surface area contributed by atoms with E-state index >= 15 is 0 Å². The van der Waals surface area contributed by atoms with Crippen LogP contribution in [0.2, 0.25) is 5.35 Å². The Kier molecular flexibility index (Phi) is 2.21. The Hall–Kier alpha value is -1.35. The van der Waals surface area contributed by atoms with Crippen molar-refractivity contribution in [3.63, 3.8) is 0 Å². The van der Waals surface area contributed by atoms with Crippen molar-refractivity contribution in [2.24, 2.45) is 0 Å². The van der Waals surface area contributed by atoms with Gasteiger partial charge in [0.05, 0.1) is 5.41 Å². The first-order valence-electron chi connectivity index (χ1n) is 5.36. The molecule has 0 N–H and O–H groups in total. The number of hydrogen-bond acceptors (Lipinski definition) is 3. The molecule has 0 unspecified atom stereocenters. The molecule has 2 aromatic rings.